The van der Waals surface area contributed by atoms with Crippen molar-refractivity contribution in [1.82, 2.24) is 10.6 Å². The molecule has 1 aliphatic rings. The topological polar surface area (TPSA) is 64.1 Å². The van der Waals surface area contributed by atoms with Crippen LogP contribution >= 0.6 is 0 Å². The summed E-state index contributed by atoms with van der Waals surface area (Å²) >= 11 is 0. The highest BCUT2D eigenvalue weighted by Crippen LogP contribution is 2.10. The summed E-state index contributed by atoms with van der Waals surface area (Å²) in [6.07, 6.45) is 2.23. The minimum absolute atomic E-state index is 0.279. The van der Waals surface area contributed by atoms with Crippen molar-refractivity contribution in [2.75, 3.05) is 46.6 Å². The Balaban J connectivity index is 1.49. The fourth-order valence-corrected chi connectivity index (χ4v) is 2.37. The van der Waals surface area contributed by atoms with Gasteiger partial charge in [0.05, 0.1) is 19.3 Å². The highest BCUT2D eigenvalue weighted by atomic mass is 16.5. The minimum Gasteiger partial charge on any atom is -0.492 e. The molecule has 0 aromatic heterocycles. The third-order valence-electron chi connectivity index (χ3n) is 3.76. The van der Waals surface area contributed by atoms with Crippen LogP contribution in [0.3, 0.4) is 0 Å². The van der Waals surface area contributed by atoms with Crippen LogP contribution in [-0.4, -0.2) is 58.6 Å². The first-order valence-electron chi connectivity index (χ1n) is 8.61. The molecule has 0 spiro atoms. The van der Waals surface area contributed by atoms with Crippen LogP contribution in [0.4, 0.5) is 0 Å². The Morgan fingerprint density at radius 3 is 2.71 bits per heavy atom. The van der Waals surface area contributed by atoms with Gasteiger partial charge < -0.3 is 24.8 Å². The summed E-state index contributed by atoms with van der Waals surface area (Å²) in [6, 6.07) is 8.06. The Kier molecular flexibility index (Phi) is 8.41. The van der Waals surface area contributed by atoms with E-state index in [1.165, 1.54) is 5.56 Å². The van der Waals surface area contributed by atoms with Crippen molar-refractivity contribution in [1.29, 1.82) is 0 Å². The number of hydrogen-bond acceptors (Lipinski definition) is 4. The summed E-state index contributed by atoms with van der Waals surface area (Å²) in [5.74, 6) is 1.67. The first-order chi connectivity index (χ1) is 11.8. The normalized spacial score (nSPS) is 17.8. The van der Waals surface area contributed by atoms with E-state index in [0.717, 1.165) is 50.9 Å². The summed E-state index contributed by atoms with van der Waals surface area (Å²) in [6.45, 7) is 6.48. The summed E-state index contributed by atoms with van der Waals surface area (Å²) in [7, 11) is 1.77. The highest BCUT2D eigenvalue weighted by molar-refractivity contribution is 5.79. The van der Waals surface area contributed by atoms with E-state index in [1.54, 1.807) is 7.05 Å². The van der Waals surface area contributed by atoms with E-state index >= 15 is 0 Å². The number of benzene rings is 1. The van der Waals surface area contributed by atoms with Crippen molar-refractivity contribution in [3.63, 3.8) is 0 Å². The van der Waals surface area contributed by atoms with Crippen LogP contribution in [0.5, 0.6) is 5.75 Å². The third-order valence-corrected chi connectivity index (χ3v) is 3.76. The lowest BCUT2D eigenvalue weighted by Gasteiger charge is -2.13. The minimum atomic E-state index is 0.279. The third kappa shape index (κ3) is 7.19. The summed E-state index contributed by atoms with van der Waals surface area (Å²) < 4.78 is 16.7. The van der Waals surface area contributed by atoms with Gasteiger partial charge in [-0.1, -0.05) is 17.7 Å². The number of nitrogens with one attached hydrogen (secondary N) is 2. The zero-order valence-electron chi connectivity index (χ0n) is 14.7. The molecule has 0 saturated carbocycles. The van der Waals surface area contributed by atoms with Crippen molar-refractivity contribution < 1.29 is 14.2 Å². The Morgan fingerprint density at radius 2 is 2.00 bits per heavy atom. The SMILES string of the molecule is CN=C(NCCCOC1CCOC1)NCCOc1ccc(C)cc1. The van der Waals surface area contributed by atoms with Gasteiger partial charge in [-0.05, 0) is 31.9 Å². The van der Waals surface area contributed by atoms with Gasteiger partial charge in [0.1, 0.15) is 12.4 Å². The molecule has 1 atom stereocenters. The Hall–Kier alpha value is -1.79. The molecule has 1 fully saturated rings. The standard InChI is InChI=1S/C18H29N3O3/c1-15-4-6-16(7-5-15)24-13-10-21-18(19-2)20-9-3-11-23-17-8-12-22-14-17/h4-7,17H,3,8-14H2,1-2H3,(H2,19,20,21). The average molecular weight is 335 g/mol. The Morgan fingerprint density at radius 1 is 1.21 bits per heavy atom. The van der Waals surface area contributed by atoms with Gasteiger partial charge in [0.25, 0.3) is 0 Å². The molecule has 1 unspecified atom stereocenters. The van der Waals surface area contributed by atoms with E-state index < -0.39 is 0 Å². The van der Waals surface area contributed by atoms with Gasteiger partial charge in [0.2, 0.25) is 0 Å². The number of aliphatic imine (C=N–C) groups is 1. The molecule has 24 heavy (non-hydrogen) atoms. The molecular formula is C18H29N3O3. The molecule has 1 aromatic carbocycles. The Labute approximate surface area is 144 Å². The van der Waals surface area contributed by atoms with Crippen molar-refractivity contribution in [2.45, 2.75) is 25.9 Å². The quantitative estimate of drug-likeness (QED) is 0.409. The number of ether oxygens (including phenoxy) is 3. The zero-order chi connectivity index (χ0) is 17.0. The van der Waals surface area contributed by atoms with E-state index in [-0.39, 0.29) is 6.10 Å². The van der Waals surface area contributed by atoms with Crippen molar-refractivity contribution in [2.24, 2.45) is 4.99 Å². The number of aryl methyl sites for hydroxylation is 1. The van der Waals surface area contributed by atoms with Gasteiger partial charge in [-0.25, -0.2) is 0 Å². The largest absolute Gasteiger partial charge is 0.492 e. The van der Waals surface area contributed by atoms with Gasteiger partial charge in [-0.15, -0.1) is 0 Å². The summed E-state index contributed by atoms with van der Waals surface area (Å²) in [4.78, 5) is 4.20. The number of nitrogens with zero attached hydrogens (tertiary/aromatic N) is 1. The molecule has 0 radical (unpaired) electrons. The number of guanidine groups is 1. The zero-order valence-corrected chi connectivity index (χ0v) is 14.7. The second-order valence-electron chi connectivity index (χ2n) is 5.80. The fourth-order valence-electron chi connectivity index (χ4n) is 2.37. The monoisotopic (exact) mass is 335 g/mol. The second kappa shape index (κ2) is 10.9. The van der Waals surface area contributed by atoms with Crippen molar-refractivity contribution >= 4 is 5.96 Å². The molecule has 1 aliphatic heterocycles. The smallest absolute Gasteiger partial charge is 0.191 e. The average Bonchev–Trinajstić information content (AvgIpc) is 3.11. The van der Waals surface area contributed by atoms with E-state index in [4.69, 9.17) is 14.2 Å². The molecule has 134 valence electrons. The van der Waals surface area contributed by atoms with Crippen molar-refractivity contribution in [3.05, 3.63) is 29.8 Å². The molecule has 0 amide bonds. The summed E-state index contributed by atoms with van der Waals surface area (Å²) in [5, 5.41) is 6.51. The number of hydrogen-bond donors (Lipinski definition) is 2. The molecular weight excluding hydrogens is 306 g/mol. The van der Waals surface area contributed by atoms with E-state index in [2.05, 4.69) is 22.5 Å². The maximum Gasteiger partial charge on any atom is 0.191 e. The second-order valence-corrected chi connectivity index (χ2v) is 5.80. The number of rotatable bonds is 9. The maximum absolute atomic E-state index is 5.73. The first kappa shape index (κ1) is 18.5. The molecule has 6 heteroatoms. The van der Waals surface area contributed by atoms with Crippen LogP contribution in [0.1, 0.15) is 18.4 Å². The van der Waals surface area contributed by atoms with Crippen molar-refractivity contribution in [3.8, 4) is 5.75 Å². The lowest BCUT2D eigenvalue weighted by Crippen LogP contribution is -2.40. The van der Waals surface area contributed by atoms with Crippen LogP contribution < -0.4 is 15.4 Å². The molecule has 0 aliphatic carbocycles. The van der Waals surface area contributed by atoms with Gasteiger partial charge in [-0.3, -0.25) is 4.99 Å². The highest BCUT2D eigenvalue weighted by Gasteiger charge is 2.15. The van der Waals surface area contributed by atoms with Crippen LogP contribution in [0.25, 0.3) is 0 Å². The fraction of sp³-hybridized carbons (Fsp3) is 0.611. The molecule has 0 bridgehead atoms. The molecule has 1 saturated heterocycles. The molecule has 1 heterocycles. The van der Waals surface area contributed by atoms with Gasteiger partial charge >= 0.3 is 0 Å². The maximum atomic E-state index is 5.73. The molecule has 6 nitrogen and oxygen atoms in total. The Bertz CT molecular complexity index is 485. The van der Waals surface area contributed by atoms with Gasteiger partial charge in [-0.2, -0.15) is 0 Å². The van der Waals surface area contributed by atoms with Gasteiger partial charge in [0.15, 0.2) is 5.96 Å². The predicted molar refractivity (Wildman–Crippen MR) is 95.8 cm³/mol. The first-order valence-corrected chi connectivity index (χ1v) is 8.61. The van der Waals surface area contributed by atoms with Crippen LogP contribution in [0.2, 0.25) is 0 Å². The molecule has 2 rings (SSSR count). The molecule has 1 aromatic rings. The lowest BCUT2D eigenvalue weighted by atomic mass is 10.2. The van der Waals surface area contributed by atoms with E-state index in [1.807, 2.05) is 24.3 Å². The van der Waals surface area contributed by atoms with Gasteiger partial charge in [0, 0.05) is 26.8 Å². The summed E-state index contributed by atoms with van der Waals surface area (Å²) in [5.41, 5.74) is 1.23. The van der Waals surface area contributed by atoms with E-state index in [0.29, 0.717) is 13.2 Å². The van der Waals surface area contributed by atoms with E-state index in [9.17, 15) is 0 Å². The van der Waals surface area contributed by atoms with Crippen LogP contribution in [0, 0.1) is 6.92 Å². The van der Waals surface area contributed by atoms with Crippen LogP contribution in [-0.2, 0) is 9.47 Å². The molecule has 2 N–H and O–H groups in total. The van der Waals surface area contributed by atoms with Crippen LogP contribution in [0.15, 0.2) is 29.3 Å². The lowest BCUT2D eigenvalue weighted by molar-refractivity contribution is 0.0420. The predicted octanol–water partition coefficient (Wildman–Crippen LogP) is 1.73.